The van der Waals surface area contributed by atoms with Crippen LogP contribution in [0.15, 0.2) is 53.1 Å². The first-order valence-electron chi connectivity index (χ1n) is 10.8. The molecule has 0 saturated carbocycles. The van der Waals surface area contributed by atoms with Crippen LogP contribution in [0.25, 0.3) is 11.4 Å². The minimum absolute atomic E-state index is 0.0302. The van der Waals surface area contributed by atoms with E-state index in [9.17, 15) is 9.18 Å². The van der Waals surface area contributed by atoms with E-state index in [1.165, 1.54) is 23.3 Å². The number of aromatic nitrogens is 2. The maximum Gasteiger partial charge on any atom is 0.227 e. The van der Waals surface area contributed by atoms with Crippen molar-refractivity contribution in [3.8, 4) is 11.4 Å². The van der Waals surface area contributed by atoms with E-state index in [0.717, 1.165) is 25.9 Å². The Morgan fingerprint density at radius 1 is 1.19 bits per heavy atom. The highest BCUT2D eigenvalue weighted by molar-refractivity contribution is 5.76. The zero-order valence-electron chi connectivity index (χ0n) is 17.7. The number of benzene rings is 2. The molecule has 162 valence electrons. The minimum Gasteiger partial charge on any atom is -0.355 e. The molecular formula is C24H27FN4O2. The second-order valence-electron chi connectivity index (χ2n) is 7.87. The molecule has 0 radical (unpaired) electrons. The van der Waals surface area contributed by atoms with Crippen molar-refractivity contribution in [3.05, 3.63) is 71.4 Å². The zero-order chi connectivity index (χ0) is 21.6. The smallest absolute Gasteiger partial charge is 0.227 e. The lowest BCUT2D eigenvalue weighted by molar-refractivity contribution is -0.121. The third-order valence-corrected chi connectivity index (χ3v) is 5.82. The Labute approximate surface area is 181 Å². The number of aryl methyl sites for hydroxylation is 1. The lowest BCUT2D eigenvalue weighted by Gasteiger charge is -2.35. The molecule has 1 aromatic heterocycles. The number of amides is 1. The van der Waals surface area contributed by atoms with Crippen LogP contribution in [-0.2, 0) is 24.2 Å². The topological polar surface area (TPSA) is 71.3 Å². The second-order valence-corrected chi connectivity index (χ2v) is 7.87. The highest BCUT2D eigenvalue weighted by Crippen LogP contribution is 2.21. The molecule has 0 saturated heterocycles. The predicted molar refractivity (Wildman–Crippen MR) is 116 cm³/mol. The molecule has 1 atom stereocenters. The van der Waals surface area contributed by atoms with E-state index in [0.29, 0.717) is 36.3 Å². The van der Waals surface area contributed by atoms with Crippen LogP contribution >= 0.6 is 0 Å². The van der Waals surface area contributed by atoms with Crippen molar-refractivity contribution < 1.29 is 13.7 Å². The highest BCUT2D eigenvalue weighted by atomic mass is 19.1. The Hall–Kier alpha value is -3.06. The summed E-state index contributed by atoms with van der Waals surface area (Å²) in [6.07, 6.45) is 2.68. The summed E-state index contributed by atoms with van der Waals surface area (Å²) in [5.74, 6) is 0.446. The molecule has 0 spiro atoms. The molecule has 1 unspecified atom stereocenters. The summed E-state index contributed by atoms with van der Waals surface area (Å²) >= 11 is 0. The molecule has 0 fully saturated rings. The number of nitrogens with zero attached hydrogens (tertiary/aromatic N) is 3. The summed E-state index contributed by atoms with van der Waals surface area (Å²) in [5.41, 5.74) is 3.49. The first-order chi connectivity index (χ1) is 15.1. The Kier molecular flexibility index (Phi) is 6.72. The van der Waals surface area contributed by atoms with Gasteiger partial charge in [0.05, 0.1) is 0 Å². The molecule has 7 heteroatoms. The second kappa shape index (κ2) is 9.83. The van der Waals surface area contributed by atoms with Gasteiger partial charge in [-0.25, -0.2) is 4.39 Å². The summed E-state index contributed by atoms with van der Waals surface area (Å²) in [6, 6.07) is 14.8. The van der Waals surface area contributed by atoms with Crippen molar-refractivity contribution in [1.82, 2.24) is 20.4 Å². The number of halogens is 1. The number of nitrogens with one attached hydrogen (secondary N) is 1. The van der Waals surface area contributed by atoms with Gasteiger partial charge in [0.2, 0.25) is 17.6 Å². The van der Waals surface area contributed by atoms with Gasteiger partial charge >= 0.3 is 0 Å². The van der Waals surface area contributed by atoms with Gasteiger partial charge in [-0.2, -0.15) is 4.98 Å². The third-order valence-electron chi connectivity index (χ3n) is 5.82. The Morgan fingerprint density at radius 2 is 1.97 bits per heavy atom. The minimum atomic E-state index is -0.316. The van der Waals surface area contributed by atoms with Gasteiger partial charge in [-0.15, -0.1) is 0 Å². The van der Waals surface area contributed by atoms with Crippen LogP contribution in [-0.4, -0.2) is 40.1 Å². The van der Waals surface area contributed by atoms with Gasteiger partial charge in [-0.3, -0.25) is 9.69 Å². The highest BCUT2D eigenvalue weighted by Gasteiger charge is 2.22. The summed E-state index contributed by atoms with van der Waals surface area (Å²) in [4.78, 5) is 19.1. The van der Waals surface area contributed by atoms with E-state index in [1.807, 2.05) is 0 Å². The van der Waals surface area contributed by atoms with E-state index in [-0.39, 0.29) is 18.1 Å². The monoisotopic (exact) mass is 422 g/mol. The van der Waals surface area contributed by atoms with Gasteiger partial charge in [0.1, 0.15) is 5.82 Å². The van der Waals surface area contributed by atoms with Gasteiger partial charge in [-0.05, 0) is 48.2 Å². The Bertz CT molecular complexity index is 1020. The van der Waals surface area contributed by atoms with E-state index in [2.05, 4.69) is 51.5 Å². The van der Waals surface area contributed by atoms with Crippen LogP contribution in [0.4, 0.5) is 4.39 Å². The van der Waals surface area contributed by atoms with Gasteiger partial charge in [0.25, 0.3) is 0 Å². The number of rotatable bonds is 8. The predicted octanol–water partition coefficient (Wildman–Crippen LogP) is 3.76. The van der Waals surface area contributed by atoms with Crippen molar-refractivity contribution in [2.24, 2.45) is 0 Å². The van der Waals surface area contributed by atoms with Crippen LogP contribution in [0, 0.1) is 5.82 Å². The Balaban J connectivity index is 1.25. The molecule has 6 nitrogen and oxygen atoms in total. The van der Waals surface area contributed by atoms with Gasteiger partial charge in [0.15, 0.2) is 0 Å². The van der Waals surface area contributed by atoms with Crippen molar-refractivity contribution in [2.75, 3.05) is 13.1 Å². The number of carbonyl (C=O) groups is 1. The van der Waals surface area contributed by atoms with Crippen LogP contribution in [0.3, 0.4) is 0 Å². The molecule has 31 heavy (non-hydrogen) atoms. The van der Waals surface area contributed by atoms with E-state index in [4.69, 9.17) is 4.52 Å². The fourth-order valence-electron chi connectivity index (χ4n) is 3.97. The van der Waals surface area contributed by atoms with Crippen molar-refractivity contribution in [2.45, 2.75) is 45.2 Å². The van der Waals surface area contributed by atoms with Crippen molar-refractivity contribution in [3.63, 3.8) is 0 Å². The summed E-state index contributed by atoms with van der Waals surface area (Å²) < 4.78 is 18.3. The maximum atomic E-state index is 13.0. The molecule has 2 heterocycles. The van der Waals surface area contributed by atoms with Crippen LogP contribution in [0.2, 0.25) is 0 Å². The van der Waals surface area contributed by atoms with Crippen LogP contribution in [0.1, 0.15) is 36.8 Å². The lowest BCUT2D eigenvalue weighted by Crippen LogP contribution is -2.45. The van der Waals surface area contributed by atoms with Crippen molar-refractivity contribution in [1.29, 1.82) is 0 Å². The zero-order valence-corrected chi connectivity index (χ0v) is 17.7. The molecule has 3 aromatic rings. The van der Waals surface area contributed by atoms with E-state index < -0.39 is 0 Å². The molecule has 1 amide bonds. The molecule has 1 N–H and O–H groups in total. The number of hydrogen-bond donors (Lipinski definition) is 1. The average molecular weight is 423 g/mol. The average Bonchev–Trinajstić information content (AvgIpc) is 3.27. The van der Waals surface area contributed by atoms with Crippen molar-refractivity contribution >= 4 is 5.91 Å². The molecule has 1 aliphatic heterocycles. The summed E-state index contributed by atoms with van der Waals surface area (Å²) in [6.45, 7) is 4.73. The lowest BCUT2D eigenvalue weighted by atomic mass is 9.98. The van der Waals surface area contributed by atoms with Gasteiger partial charge in [-0.1, -0.05) is 36.3 Å². The SMILES string of the molecule is CCC(CNC(=O)CCc1nc(-c2ccc(F)cc2)no1)N1CCc2ccccc2C1. The fraction of sp³-hybridized carbons (Fsp3) is 0.375. The summed E-state index contributed by atoms with van der Waals surface area (Å²) in [5, 5.41) is 6.97. The van der Waals surface area contributed by atoms with Crippen LogP contribution in [0.5, 0.6) is 0 Å². The number of fused-ring (bicyclic) bond motifs is 1. The first-order valence-corrected chi connectivity index (χ1v) is 10.8. The fourth-order valence-corrected chi connectivity index (χ4v) is 3.97. The summed E-state index contributed by atoms with van der Waals surface area (Å²) in [7, 11) is 0. The standard InChI is InChI=1S/C24H27FN4O2/c1-2-21(29-14-13-17-5-3-4-6-19(17)16-29)15-26-22(30)11-12-23-27-24(28-31-23)18-7-9-20(25)10-8-18/h3-10,21H,2,11-16H2,1H3,(H,26,30). The van der Waals surface area contributed by atoms with Crippen LogP contribution < -0.4 is 5.32 Å². The van der Waals surface area contributed by atoms with E-state index >= 15 is 0 Å². The Morgan fingerprint density at radius 3 is 2.74 bits per heavy atom. The molecule has 0 aliphatic carbocycles. The largest absolute Gasteiger partial charge is 0.355 e. The molecule has 4 rings (SSSR count). The first kappa shape index (κ1) is 21.2. The maximum absolute atomic E-state index is 13.0. The van der Waals surface area contributed by atoms with Gasteiger partial charge < -0.3 is 9.84 Å². The number of hydrogen-bond acceptors (Lipinski definition) is 5. The normalized spacial score (nSPS) is 14.8. The molecule has 1 aliphatic rings. The van der Waals surface area contributed by atoms with Gasteiger partial charge in [0, 0.05) is 44.1 Å². The third kappa shape index (κ3) is 5.35. The molecule has 0 bridgehead atoms. The molecular weight excluding hydrogens is 395 g/mol. The number of carbonyl (C=O) groups excluding carboxylic acids is 1. The quantitative estimate of drug-likeness (QED) is 0.599. The van der Waals surface area contributed by atoms with E-state index in [1.54, 1.807) is 12.1 Å². The molecule has 2 aromatic carbocycles.